The number of likely N-dealkylation sites (tertiary alicyclic amines) is 1. The number of anilines is 1. The first-order valence-electron chi connectivity index (χ1n) is 6.19. The number of nitrogens with zero attached hydrogens (tertiary/aromatic N) is 1. The van der Waals surface area contributed by atoms with Crippen LogP contribution in [0.1, 0.15) is 19.8 Å². The van der Waals surface area contributed by atoms with Gasteiger partial charge >= 0.3 is 0 Å². The highest BCUT2D eigenvalue weighted by molar-refractivity contribution is 5.84. The number of rotatable bonds is 3. The highest BCUT2D eigenvalue weighted by atomic mass is 19.2. The van der Waals surface area contributed by atoms with E-state index in [1.165, 1.54) is 0 Å². The molecule has 0 radical (unpaired) electrons. The number of hydrogen-bond acceptors (Lipinski definition) is 2. The number of benzene rings is 1. The summed E-state index contributed by atoms with van der Waals surface area (Å²) in [7, 11) is 0. The highest BCUT2D eigenvalue weighted by Gasteiger charge is 2.24. The van der Waals surface area contributed by atoms with Gasteiger partial charge in [-0.1, -0.05) is 0 Å². The van der Waals surface area contributed by atoms with E-state index in [1.54, 1.807) is 11.8 Å². The molecule has 1 fully saturated rings. The predicted molar refractivity (Wildman–Crippen MR) is 65.2 cm³/mol. The zero-order valence-corrected chi connectivity index (χ0v) is 10.5. The van der Waals surface area contributed by atoms with E-state index in [-0.39, 0.29) is 11.6 Å². The van der Waals surface area contributed by atoms with Crippen molar-refractivity contribution in [3.8, 4) is 0 Å². The largest absolute Gasteiger partial charge is 0.371 e. The average Bonchev–Trinajstić information content (AvgIpc) is 2.88. The lowest BCUT2D eigenvalue weighted by Gasteiger charge is -2.22. The van der Waals surface area contributed by atoms with Gasteiger partial charge in [0.25, 0.3) is 0 Å². The quantitative estimate of drug-likeness (QED) is 0.858. The molecule has 1 heterocycles. The van der Waals surface area contributed by atoms with Crippen LogP contribution in [0.15, 0.2) is 12.1 Å². The third-order valence-corrected chi connectivity index (χ3v) is 3.17. The fourth-order valence-electron chi connectivity index (χ4n) is 2.14. The van der Waals surface area contributed by atoms with Gasteiger partial charge in [-0.3, -0.25) is 4.79 Å². The Hall–Kier alpha value is -1.72. The minimum absolute atomic E-state index is 0.165. The summed E-state index contributed by atoms with van der Waals surface area (Å²) in [4.78, 5) is 13.7. The Kier molecular flexibility index (Phi) is 3.97. The Morgan fingerprint density at radius 1 is 1.16 bits per heavy atom. The van der Waals surface area contributed by atoms with Crippen molar-refractivity contribution in [1.29, 1.82) is 0 Å². The molecule has 1 aromatic carbocycles. The smallest absolute Gasteiger partial charge is 0.244 e. The highest BCUT2D eigenvalue weighted by Crippen LogP contribution is 2.20. The van der Waals surface area contributed by atoms with Gasteiger partial charge in [0.1, 0.15) is 11.9 Å². The maximum Gasteiger partial charge on any atom is 0.244 e. The summed E-state index contributed by atoms with van der Waals surface area (Å²) in [5.74, 6) is -3.48. The van der Waals surface area contributed by atoms with Crippen molar-refractivity contribution in [2.24, 2.45) is 0 Å². The Bertz CT molecular complexity index is 487. The minimum atomic E-state index is -1.25. The van der Waals surface area contributed by atoms with Crippen molar-refractivity contribution in [2.75, 3.05) is 18.4 Å². The Labute approximate surface area is 109 Å². The molecule has 1 unspecified atom stereocenters. The molecule has 0 bridgehead atoms. The van der Waals surface area contributed by atoms with Gasteiger partial charge in [0.15, 0.2) is 11.6 Å². The molecular weight excluding hydrogens is 257 g/mol. The summed E-state index contributed by atoms with van der Waals surface area (Å²) in [6.07, 6.45) is 1.91. The van der Waals surface area contributed by atoms with Gasteiger partial charge in [0, 0.05) is 25.2 Å². The summed E-state index contributed by atoms with van der Waals surface area (Å²) in [6, 6.07) is 0.501. The lowest BCUT2D eigenvalue weighted by molar-refractivity contribution is -0.130. The van der Waals surface area contributed by atoms with E-state index in [1.807, 2.05) is 0 Å². The topological polar surface area (TPSA) is 32.3 Å². The fraction of sp³-hybridized carbons (Fsp3) is 0.462. The molecule has 1 saturated heterocycles. The van der Waals surface area contributed by atoms with Crippen molar-refractivity contribution >= 4 is 11.6 Å². The maximum absolute atomic E-state index is 13.4. The number of amides is 1. The lowest BCUT2D eigenvalue weighted by Crippen LogP contribution is -2.39. The first-order valence-corrected chi connectivity index (χ1v) is 6.19. The molecule has 1 aliphatic rings. The molecule has 0 saturated carbocycles. The Balaban J connectivity index is 2.08. The van der Waals surface area contributed by atoms with Gasteiger partial charge in [0.05, 0.1) is 5.69 Å². The Morgan fingerprint density at radius 2 is 1.74 bits per heavy atom. The summed E-state index contributed by atoms with van der Waals surface area (Å²) in [5, 5.41) is 2.58. The first kappa shape index (κ1) is 13.7. The zero-order chi connectivity index (χ0) is 14.0. The standard InChI is InChI=1S/C13H15F3N2O/c1-8(13(19)18-4-2-3-5-18)17-12-7-10(15)9(14)6-11(12)16/h6-8,17H,2-5H2,1H3. The number of hydrogen-bond donors (Lipinski definition) is 1. The molecule has 104 valence electrons. The monoisotopic (exact) mass is 272 g/mol. The molecule has 1 aromatic rings. The van der Waals surface area contributed by atoms with E-state index in [2.05, 4.69) is 5.32 Å². The van der Waals surface area contributed by atoms with E-state index in [9.17, 15) is 18.0 Å². The molecule has 19 heavy (non-hydrogen) atoms. The van der Waals surface area contributed by atoms with Gasteiger partial charge in [-0.2, -0.15) is 0 Å². The molecule has 2 rings (SSSR count). The lowest BCUT2D eigenvalue weighted by atomic mass is 10.2. The van der Waals surface area contributed by atoms with Gasteiger partial charge in [-0.25, -0.2) is 13.2 Å². The van der Waals surface area contributed by atoms with Crippen LogP contribution >= 0.6 is 0 Å². The molecule has 1 atom stereocenters. The molecule has 6 heteroatoms. The Morgan fingerprint density at radius 3 is 2.37 bits per heavy atom. The molecule has 1 aliphatic heterocycles. The molecule has 1 amide bonds. The summed E-state index contributed by atoms with van der Waals surface area (Å²) in [5.41, 5.74) is -0.209. The van der Waals surface area contributed by atoms with Crippen molar-refractivity contribution in [1.82, 2.24) is 4.90 Å². The van der Waals surface area contributed by atoms with E-state index < -0.39 is 23.5 Å². The number of halogens is 3. The average molecular weight is 272 g/mol. The SMILES string of the molecule is CC(Nc1cc(F)c(F)cc1F)C(=O)N1CCCC1. The van der Waals surface area contributed by atoms with E-state index in [4.69, 9.17) is 0 Å². The number of nitrogens with one attached hydrogen (secondary N) is 1. The van der Waals surface area contributed by atoms with Gasteiger partial charge in [-0.15, -0.1) is 0 Å². The molecule has 3 nitrogen and oxygen atoms in total. The van der Waals surface area contributed by atoms with E-state index >= 15 is 0 Å². The molecule has 0 aliphatic carbocycles. The number of carbonyl (C=O) groups is 1. The zero-order valence-electron chi connectivity index (χ0n) is 10.5. The van der Waals surface area contributed by atoms with E-state index in [0.717, 1.165) is 18.9 Å². The summed E-state index contributed by atoms with van der Waals surface area (Å²) >= 11 is 0. The molecular formula is C13H15F3N2O. The van der Waals surface area contributed by atoms with Crippen LogP contribution in [0.4, 0.5) is 18.9 Å². The van der Waals surface area contributed by atoms with Crippen molar-refractivity contribution in [2.45, 2.75) is 25.8 Å². The van der Waals surface area contributed by atoms with Crippen LogP contribution in [0.2, 0.25) is 0 Å². The summed E-state index contributed by atoms with van der Waals surface area (Å²) in [6.45, 7) is 2.94. The van der Waals surface area contributed by atoms with Crippen LogP contribution in [0, 0.1) is 17.5 Å². The normalized spacial score (nSPS) is 16.5. The van der Waals surface area contributed by atoms with Crippen LogP contribution in [0.5, 0.6) is 0 Å². The first-order chi connectivity index (χ1) is 8.99. The molecule has 1 N–H and O–H groups in total. The van der Waals surface area contributed by atoms with E-state index in [0.29, 0.717) is 19.2 Å². The van der Waals surface area contributed by atoms with Crippen LogP contribution in [0.3, 0.4) is 0 Å². The van der Waals surface area contributed by atoms with Gasteiger partial charge < -0.3 is 10.2 Å². The molecule has 0 spiro atoms. The summed E-state index contributed by atoms with van der Waals surface area (Å²) < 4.78 is 39.3. The fourth-order valence-corrected chi connectivity index (χ4v) is 2.14. The van der Waals surface area contributed by atoms with Crippen LogP contribution in [-0.2, 0) is 4.79 Å². The second kappa shape index (κ2) is 5.50. The third kappa shape index (κ3) is 3.00. The van der Waals surface area contributed by atoms with Crippen molar-refractivity contribution < 1.29 is 18.0 Å². The van der Waals surface area contributed by atoms with Crippen LogP contribution < -0.4 is 5.32 Å². The van der Waals surface area contributed by atoms with Crippen LogP contribution in [-0.4, -0.2) is 29.9 Å². The molecule has 0 aromatic heterocycles. The number of carbonyl (C=O) groups excluding carboxylic acids is 1. The van der Waals surface area contributed by atoms with Gasteiger partial charge in [0.2, 0.25) is 5.91 Å². The predicted octanol–water partition coefficient (Wildman–Crippen LogP) is 2.53. The maximum atomic E-state index is 13.4. The second-order valence-electron chi connectivity index (χ2n) is 4.64. The van der Waals surface area contributed by atoms with Crippen molar-refractivity contribution in [3.63, 3.8) is 0 Å². The van der Waals surface area contributed by atoms with Gasteiger partial charge in [-0.05, 0) is 19.8 Å². The van der Waals surface area contributed by atoms with Crippen molar-refractivity contribution in [3.05, 3.63) is 29.6 Å². The second-order valence-corrected chi connectivity index (χ2v) is 4.64. The van der Waals surface area contributed by atoms with Crippen LogP contribution in [0.25, 0.3) is 0 Å². The minimum Gasteiger partial charge on any atom is -0.371 e. The third-order valence-electron chi connectivity index (χ3n) is 3.17.